The molecule has 17 heavy (non-hydrogen) atoms. The third-order valence-corrected chi connectivity index (χ3v) is 3.51. The molecule has 0 atom stereocenters. The van der Waals surface area contributed by atoms with Crippen LogP contribution in [0.5, 0.6) is 0 Å². The van der Waals surface area contributed by atoms with Crippen molar-refractivity contribution < 1.29 is 0 Å². The molecule has 1 aromatic rings. The van der Waals surface area contributed by atoms with Crippen molar-refractivity contribution in [2.45, 2.75) is 51.6 Å². The lowest BCUT2D eigenvalue weighted by Crippen LogP contribution is -2.22. The van der Waals surface area contributed by atoms with Gasteiger partial charge in [-0.1, -0.05) is 38.3 Å². The maximum atomic E-state index is 3.64. The third-order valence-electron chi connectivity index (χ3n) is 3.51. The molecule has 1 aromatic carbocycles. The zero-order valence-corrected chi connectivity index (χ0v) is 10.8. The highest BCUT2D eigenvalue weighted by Crippen LogP contribution is 2.21. The van der Waals surface area contributed by atoms with Gasteiger partial charge in [-0.3, -0.25) is 0 Å². The minimum Gasteiger partial charge on any atom is -0.382 e. The molecule has 1 fully saturated rings. The molecule has 2 rings (SSSR count). The SMILES string of the molecule is CCNCc1ccc(NC2CCCCC2)cc1. The highest BCUT2D eigenvalue weighted by atomic mass is 14.9. The van der Waals surface area contributed by atoms with Gasteiger partial charge >= 0.3 is 0 Å². The summed E-state index contributed by atoms with van der Waals surface area (Å²) in [4.78, 5) is 0. The van der Waals surface area contributed by atoms with Crippen LogP contribution in [0, 0.1) is 0 Å². The summed E-state index contributed by atoms with van der Waals surface area (Å²) in [5, 5.41) is 6.99. The van der Waals surface area contributed by atoms with E-state index in [4.69, 9.17) is 0 Å². The van der Waals surface area contributed by atoms with Crippen LogP contribution in [-0.4, -0.2) is 12.6 Å². The van der Waals surface area contributed by atoms with E-state index in [2.05, 4.69) is 41.8 Å². The van der Waals surface area contributed by atoms with E-state index in [1.807, 2.05) is 0 Å². The molecule has 0 bridgehead atoms. The second-order valence-corrected chi connectivity index (χ2v) is 4.96. The van der Waals surface area contributed by atoms with Crippen LogP contribution < -0.4 is 10.6 Å². The summed E-state index contributed by atoms with van der Waals surface area (Å²) in [6, 6.07) is 9.55. The van der Waals surface area contributed by atoms with Crippen molar-refractivity contribution >= 4 is 5.69 Å². The van der Waals surface area contributed by atoms with E-state index in [0.29, 0.717) is 6.04 Å². The van der Waals surface area contributed by atoms with E-state index in [1.165, 1.54) is 43.4 Å². The summed E-state index contributed by atoms with van der Waals surface area (Å²) in [6.45, 7) is 4.14. The van der Waals surface area contributed by atoms with Gasteiger partial charge in [-0.25, -0.2) is 0 Å². The van der Waals surface area contributed by atoms with Gasteiger partial charge in [-0.05, 0) is 37.1 Å². The number of rotatable bonds is 5. The minimum atomic E-state index is 0.698. The predicted molar refractivity (Wildman–Crippen MR) is 74.3 cm³/mol. The molecule has 1 saturated carbocycles. The summed E-state index contributed by atoms with van der Waals surface area (Å²) in [6.07, 6.45) is 6.85. The van der Waals surface area contributed by atoms with Gasteiger partial charge in [-0.15, -0.1) is 0 Å². The summed E-state index contributed by atoms with van der Waals surface area (Å²) in [7, 11) is 0. The van der Waals surface area contributed by atoms with Crippen LogP contribution in [0.1, 0.15) is 44.6 Å². The molecule has 2 N–H and O–H groups in total. The standard InChI is InChI=1S/C15H24N2/c1-2-16-12-13-8-10-15(11-9-13)17-14-6-4-3-5-7-14/h8-11,14,16-17H,2-7,12H2,1H3. The average Bonchev–Trinajstić information content (AvgIpc) is 2.39. The number of benzene rings is 1. The Morgan fingerprint density at radius 3 is 2.41 bits per heavy atom. The van der Waals surface area contributed by atoms with Crippen molar-refractivity contribution in [3.05, 3.63) is 29.8 Å². The highest BCUT2D eigenvalue weighted by Gasteiger charge is 2.12. The molecule has 0 radical (unpaired) electrons. The first-order chi connectivity index (χ1) is 8.38. The van der Waals surface area contributed by atoms with Crippen LogP contribution in [0.3, 0.4) is 0 Å². The maximum Gasteiger partial charge on any atom is 0.0342 e. The van der Waals surface area contributed by atoms with Crippen molar-refractivity contribution in [2.24, 2.45) is 0 Å². The monoisotopic (exact) mass is 232 g/mol. The first-order valence-corrected chi connectivity index (χ1v) is 6.94. The van der Waals surface area contributed by atoms with Crippen LogP contribution in [0.15, 0.2) is 24.3 Å². The van der Waals surface area contributed by atoms with E-state index in [1.54, 1.807) is 0 Å². The molecule has 0 unspecified atom stereocenters. The molecule has 0 saturated heterocycles. The Labute approximate surface area is 105 Å². The number of hydrogen-bond donors (Lipinski definition) is 2. The Balaban J connectivity index is 1.84. The van der Waals surface area contributed by atoms with Crippen molar-refractivity contribution in [2.75, 3.05) is 11.9 Å². The van der Waals surface area contributed by atoms with Gasteiger partial charge in [0.15, 0.2) is 0 Å². The Hall–Kier alpha value is -1.02. The zero-order valence-electron chi connectivity index (χ0n) is 10.8. The Morgan fingerprint density at radius 1 is 1.06 bits per heavy atom. The average molecular weight is 232 g/mol. The smallest absolute Gasteiger partial charge is 0.0342 e. The number of anilines is 1. The second-order valence-electron chi connectivity index (χ2n) is 4.96. The Kier molecular flexibility index (Phi) is 4.87. The molecule has 0 aliphatic heterocycles. The Bertz CT molecular complexity index is 312. The van der Waals surface area contributed by atoms with Gasteiger partial charge in [-0.2, -0.15) is 0 Å². The molecule has 0 aromatic heterocycles. The topological polar surface area (TPSA) is 24.1 Å². The normalized spacial score (nSPS) is 17.0. The van der Waals surface area contributed by atoms with Gasteiger partial charge in [0.2, 0.25) is 0 Å². The first kappa shape index (κ1) is 12.4. The maximum absolute atomic E-state index is 3.64. The first-order valence-electron chi connectivity index (χ1n) is 6.94. The minimum absolute atomic E-state index is 0.698. The fraction of sp³-hybridized carbons (Fsp3) is 0.600. The Morgan fingerprint density at radius 2 is 1.76 bits per heavy atom. The van der Waals surface area contributed by atoms with E-state index in [9.17, 15) is 0 Å². The number of hydrogen-bond acceptors (Lipinski definition) is 2. The summed E-state index contributed by atoms with van der Waals surface area (Å²) >= 11 is 0. The van der Waals surface area contributed by atoms with Gasteiger partial charge in [0.25, 0.3) is 0 Å². The molecular weight excluding hydrogens is 208 g/mol. The zero-order chi connectivity index (χ0) is 11.9. The lowest BCUT2D eigenvalue weighted by Gasteiger charge is -2.23. The molecule has 1 aliphatic carbocycles. The third kappa shape index (κ3) is 4.04. The predicted octanol–water partition coefficient (Wildman–Crippen LogP) is 3.54. The van der Waals surface area contributed by atoms with E-state index < -0.39 is 0 Å². The second kappa shape index (κ2) is 6.65. The largest absolute Gasteiger partial charge is 0.382 e. The molecule has 0 amide bonds. The highest BCUT2D eigenvalue weighted by molar-refractivity contribution is 5.45. The molecule has 0 heterocycles. The fourth-order valence-electron chi connectivity index (χ4n) is 2.47. The molecule has 1 aliphatic rings. The fourth-order valence-corrected chi connectivity index (χ4v) is 2.47. The van der Waals surface area contributed by atoms with Crippen LogP contribution in [0.2, 0.25) is 0 Å². The van der Waals surface area contributed by atoms with Crippen LogP contribution in [-0.2, 0) is 6.54 Å². The summed E-state index contributed by atoms with van der Waals surface area (Å²) in [5.74, 6) is 0. The van der Waals surface area contributed by atoms with Gasteiger partial charge in [0.05, 0.1) is 0 Å². The van der Waals surface area contributed by atoms with Crippen LogP contribution in [0.25, 0.3) is 0 Å². The van der Waals surface area contributed by atoms with Crippen molar-refractivity contribution in [3.8, 4) is 0 Å². The van der Waals surface area contributed by atoms with Crippen LogP contribution >= 0.6 is 0 Å². The summed E-state index contributed by atoms with van der Waals surface area (Å²) in [5.41, 5.74) is 2.64. The van der Waals surface area contributed by atoms with Crippen molar-refractivity contribution in [3.63, 3.8) is 0 Å². The molecule has 2 heteroatoms. The lowest BCUT2D eigenvalue weighted by atomic mass is 9.95. The summed E-state index contributed by atoms with van der Waals surface area (Å²) < 4.78 is 0. The van der Waals surface area contributed by atoms with Gasteiger partial charge in [0, 0.05) is 18.3 Å². The van der Waals surface area contributed by atoms with E-state index in [0.717, 1.165) is 13.1 Å². The molecule has 2 nitrogen and oxygen atoms in total. The lowest BCUT2D eigenvalue weighted by molar-refractivity contribution is 0.463. The molecule has 94 valence electrons. The van der Waals surface area contributed by atoms with E-state index in [-0.39, 0.29) is 0 Å². The van der Waals surface area contributed by atoms with Crippen molar-refractivity contribution in [1.82, 2.24) is 5.32 Å². The van der Waals surface area contributed by atoms with Crippen LogP contribution in [0.4, 0.5) is 5.69 Å². The molecular formula is C15H24N2. The molecule has 0 spiro atoms. The van der Waals surface area contributed by atoms with E-state index >= 15 is 0 Å². The number of nitrogens with one attached hydrogen (secondary N) is 2. The quantitative estimate of drug-likeness (QED) is 0.811. The van der Waals surface area contributed by atoms with Gasteiger partial charge < -0.3 is 10.6 Å². The van der Waals surface area contributed by atoms with Crippen molar-refractivity contribution in [1.29, 1.82) is 0 Å². The van der Waals surface area contributed by atoms with Gasteiger partial charge in [0.1, 0.15) is 0 Å².